The largest absolute Gasteiger partial charge is 0.483 e. The number of rotatable bonds is 7. The third-order valence-corrected chi connectivity index (χ3v) is 3.28. The topological polar surface area (TPSA) is 84.7 Å². The maximum Gasteiger partial charge on any atom is 0.259 e. The van der Waals surface area contributed by atoms with Gasteiger partial charge in [0.15, 0.2) is 6.61 Å². The number of para-hydroxylation sites is 1. The molecule has 0 bridgehead atoms. The average Bonchev–Trinajstić information content (AvgIpc) is 2.50. The van der Waals surface area contributed by atoms with E-state index in [1.54, 1.807) is 27.1 Å². The molecule has 6 nitrogen and oxygen atoms in total. The van der Waals surface area contributed by atoms with Crippen LogP contribution in [0.4, 0.5) is 0 Å². The molecule has 0 radical (unpaired) electrons. The number of halogens is 1. The number of nitrogens with zero attached hydrogens (tertiary/aromatic N) is 1. The van der Waals surface area contributed by atoms with Gasteiger partial charge in [-0.3, -0.25) is 9.59 Å². The first-order valence-corrected chi connectivity index (χ1v) is 7.34. The average molecular weight is 344 g/mol. The first-order valence-electron chi connectivity index (χ1n) is 7.34. The molecule has 0 aliphatic rings. The Balaban J connectivity index is 0.00000484. The minimum Gasteiger partial charge on any atom is -0.483 e. The van der Waals surface area contributed by atoms with E-state index in [0.717, 1.165) is 5.56 Å². The summed E-state index contributed by atoms with van der Waals surface area (Å²) in [5.41, 5.74) is 6.43. The Morgan fingerprint density at radius 3 is 2.43 bits per heavy atom. The van der Waals surface area contributed by atoms with Crippen molar-refractivity contribution in [1.29, 1.82) is 0 Å². The molecule has 0 spiro atoms. The normalized spacial score (nSPS) is 12.6. The molecule has 23 heavy (non-hydrogen) atoms. The van der Waals surface area contributed by atoms with Gasteiger partial charge in [-0.2, -0.15) is 0 Å². The van der Waals surface area contributed by atoms with Crippen LogP contribution in [-0.4, -0.2) is 43.5 Å². The van der Waals surface area contributed by atoms with Gasteiger partial charge in [0, 0.05) is 19.7 Å². The van der Waals surface area contributed by atoms with Gasteiger partial charge in [0.05, 0.1) is 12.1 Å². The molecule has 0 saturated carbocycles. The molecule has 0 saturated heterocycles. The van der Waals surface area contributed by atoms with Crippen molar-refractivity contribution in [2.24, 2.45) is 5.73 Å². The maximum absolute atomic E-state index is 11.8. The van der Waals surface area contributed by atoms with Crippen LogP contribution in [0.3, 0.4) is 0 Å². The van der Waals surface area contributed by atoms with Crippen molar-refractivity contribution in [3.63, 3.8) is 0 Å². The Hall–Kier alpha value is -1.79. The van der Waals surface area contributed by atoms with E-state index < -0.39 is 6.04 Å². The number of amides is 2. The fraction of sp³-hybridized carbons (Fsp3) is 0.500. The molecule has 0 heterocycles. The van der Waals surface area contributed by atoms with Crippen molar-refractivity contribution in [3.8, 4) is 5.75 Å². The highest BCUT2D eigenvalue weighted by Gasteiger charge is 2.19. The number of likely N-dealkylation sites (N-methyl/N-ethyl adjacent to an activating group) is 1. The highest BCUT2D eigenvalue weighted by Crippen LogP contribution is 2.27. The van der Waals surface area contributed by atoms with E-state index in [0.29, 0.717) is 12.2 Å². The van der Waals surface area contributed by atoms with Gasteiger partial charge in [-0.25, -0.2) is 0 Å². The zero-order chi connectivity index (χ0) is 16.7. The van der Waals surface area contributed by atoms with Crippen molar-refractivity contribution >= 4 is 24.2 Å². The Bertz CT molecular complexity index is 521. The van der Waals surface area contributed by atoms with E-state index in [2.05, 4.69) is 5.32 Å². The predicted octanol–water partition coefficient (Wildman–Crippen LogP) is 1.49. The first-order chi connectivity index (χ1) is 10.4. The SMILES string of the molecule is CCC(NC(=O)[C@H](C)N)c1ccccc1OCC(=O)N(C)C.Cl. The standard InChI is InChI=1S/C16H25N3O3.ClH/c1-5-13(18-16(21)11(2)17)12-8-6-7-9-14(12)22-10-15(20)19(3)4;/h6-9,11,13H,5,10,17H2,1-4H3,(H,18,21);1H/t11-,13?;/m0./s1. The summed E-state index contributed by atoms with van der Waals surface area (Å²) >= 11 is 0. The van der Waals surface area contributed by atoms with Crippen LogP contribution >= 0.6 is 12.4 Å². The summed E-state index contributed by atoms with van der Waals surface area (Å²) in [5, 5.41) is 2.89. The molecule has 0 aliphatic heterocycles. The number of benzene rings is 1. The summed E-state index contributed by atoms with van der Waals surface area (Å²) in [6.07, 6.45) is 0.695. The van der Waals surface area contributed by atoms with Crippen LogP contribution < -0.4 is 15.8 Å². The van der Waals surface area contributed by atoms with Crippen molar-refractivity contribution < 1.29 is 14.3 Å². The van der Waals surface area contributed by atoms with Gasteiger partial charge in [-0.05, 0) is 19.4 Å². The lowest BCUT2D eigenvalue weighted by Gasteiger charge is -2.22. The van der Waals surface area contributed by atoms with Gasteiger partial charge in [-0.1, -0.05) is 25.1 Å². The van der Waals surface area contributed by atoms with Gasteiger partial charge in [0.1, 0.15) is 5.75 Å². The van der Waals surface area contributed by atoms with E-state index >= 15 is 0 Å². The summed E-state index contributed by atoms with van der Waals surface area (Å²) in [6.45, 7) is 3.57. The van der Waals surface area contributed by atoms with Crippen LogP contribution in [-0.2, 0) is 9.59 Å². The minimum atomic E-state index is -0.572. The van der Waals surface area contributed by atoms with Gasteiger partial charge in [-0.15, -0.1) is 12.4 Å². The molecule has 1 rings (SSSR count). The Morgan fingerprint density at radius 2 is 1.91 bits per heavy atom. The lowest BCUT2D eigenvalue weighted by atomic mass is 10.0. The lowest BCUT2D eigenvalue weighted by Crippen LogP contribution is -2.40. The highest BCUT2D eigenvalue weighted by atomic mass is 35.5. The van der Waals surface area contributed by atoms with E-state index in [1.807, 2.05) is 25.1 Å². The van der Waals surface area contributed by atoms with Gasteiger partial charge in [0.25, 0.3) is 5.91 Å². The quantitative estimate of drug-likeness (QED) is 0.785. The second-order valence-corrected chi connectivity index (χ2v) is 5.37. The Kier molecular flexibility index (Phi) is 9.29. The van der Waals surface area contributed by atoms with Crippen LogP contribution in [0, 0.1) is 0 Å². The molecule has 3 N–H and O–H groups in total. The molecule has 130 valence electrons. The van der Waals surface area contributed by atoms with E-state index in [9.17, 15) is 9.59 Å². The third-order valence-electron chi connectivity index (χ3n) is 3.28. The second-order valence-electron chi connectivity index (χ2n) is 5.37. The van der Waals surface area contributed by atoms with Crippen molar-refractivity contribution in [2.45, 2.75) is 32.4 Å². The number of hydrogen-bond acceptors (Lipinski definition) is 4. The minimum absolute atomic E-state index is 0. The first kappa shape index (κ1) is 21.2. The van der Waals surface area contributed by atoms with Crippen molar-refractivity contribution in [1.82, 2.24) is 10.2 Å². The summed E-state index contributed by atoms with van der Waals surface area (Å²) in [5.74, 6) is 0.253. The summed E-state index contributed by atoms with van der Waals surface area (Å²) in [7, 11) is 3.35. The number of carbonyl (C=O) groups excluding carboxylic acids is 2. The van der Waals surface area contributed by atoms with Crippen LogP contribution in [0.15, 0.2) is 24.3 Å². The number of ether oxygens (including phenoxy) is 1. The van der Waals surface area contributed by atoms with E-state index in [-0.39, 0.29) is 36.9 Å². The van der Waals surface area contributed by atoms with Crippen molar-refractivity contribution in [2.75, 3.05) is 20.7 Å². The summed E-state index contributed by atoms with van der Waals surface area (Å²) < 4.78 is 5.61. The predicted molar refractivity (Wildman–Crippen MR) is 92.7 cm³/mol. The number of nitrogens with two attached hydrogens (primary N) is 1. The Labute approximate surface area is 143 Å². The van der Waals surface area contributed by atoms with E-state index in [1.165, 1.54) is 4.90 Å². The fourth-order valence-corrected chi connectivity index (χ4v) is 1.87. The molecular weight excluding hydrogens is 318 g/mol. The van der Waals surface area contributed by atoms with Gasteiger partial charge >= 0.3 is 0 Å². The third kappa shape index (κ3) is 6.46. The smallest absolute Gasteiger partial charge is 0.259 e. The molecule has 0 fully saturated rings. The molecule has 0 aliphatic carbocycles. The molecule has 2 atom stereocenters. The summed E-state index contributed by atoms with van der Waals surface area (Å²) in [4.78, 5) is 24.9. The number of hydrogen-bond donors (Lipinski definition) is 2. The fourth-order valence-electron chi connectivity index (χ4n) is 1.87. The van der Waals surface area contributed by atoms with Gasteiger partial charge < -0.3 is 20.7 Å². The van der Waals surface area contributed by atoms with Crippen LogP contribution in [0.2, 0.25) is 0 Å². The zero-order valence-corrected chi connectivity index (χ0v) is 14.9. The van der Waals surface area contributed by atoms with Crippen LogP contribution in [0.25, 0.3) is 0 Å². The number of nitrogens with one attached hydrogen (secondary N) is 1. The monoisotopic (exact) mass is 343 g/mol. The molecular formula is C16H26ClN3O3. The lowest BCUT2D eigenvalue weighted by molar-refractivity contribution is -0.130. The Morgan fingerprint density at radius 1 is 1.30 bits per heavy atom. The molecule has 7 heteroatoms. The molecule has 0 aromatic heterocycles. The molecule has 1 aromatic rings. The van der Waals surface area contributed by atoms with Crippen LogP contribution in [0.1, 0.15) is 31.9 Å². The molecule has 1 aromatic carbocycles. The van der Waals surface area contributed by atoms with E-state index in [4.69, 9.17) is 10.5 Å². The highest BCUT2D eigenvalue weighted by molar-refractivity contribution is 5.85. The molecule has 1 unspecified atom stereocenters. The maximum atomic E-state index is 11.8. The zero-order valence-electron chi connectivity index (χ0n) is 14.0. The van der Waals surface area contributed by atoms with Gasteiger partial charge in [0.2, 0.25) is 5.91 Å². The summed E-state index contributed by atoms with van der Waals surface area (Å²) in [6, 6.07) is 6.60. The number of carbonyl (C=O) groups is 2. The second kappa shape index (κ2) is 10.1. The van der Waals surface area contributed by atoms with Crippen molar-refractivity contribution in [3.05, 3.63) is 29.8 Å². The molecule has 2 amide bonds. The van der Waals surface area contributed by atoms with Crippen LogP contribution in [0.5, 0.6) is 5.75 Å².